The first-order valence-electron chi connectivity index (χ1n) is 7.28. The van der Waals surface area contributed by atoms with Crippen molar-refractivity contribution in [1.82, 2.24) is 9.71 Å². The maximum atomic E-state index is 12.6. The molecule has 116 valence electrons. The first-order chi connectivity index (χ1) is 10.0. The van der Waals surface area contributed by atoms with Gasteiger partial charge in [-0.25, -0.2) is 13.1 Å². The highest BCUT2D eigenvalue weighted by Gasteiger charge is 2.24. The number of nitrogens with one attached hydrogen (secondary N) is 1. The molecule has 0 bridgehead atoms. The highest BCUT2D eigenvalue weighted by atomic mass is 32.2. The molecule has 0 radical (unpaired) electrons. The molecule has 7 heteroatoms. The van der Waals surface area contributed by atoms with E-state index in [4.69, 9.17) is 18.0 Å². The Balaban J connectivity index is 2.19. The summed E-state index contributed by atoms with van der Waals surface area (Å²) in [5.74, 6) is 0. The van der Waals surface area contributed by atoms with E-state index in [0.29, 0.717) is 0 Å². The summed E-state index contributed by atoms with van der Waals surface area (Å²) in [5, 5.41) is 0. The summed E-state index contributed by atoms with van der Waals surface area (Å²) in [4.78, 5) is 4.05. The van der Waals surface area contributed by atoms with E-state index in [1.54, 1.807) is 6.07 Å². The molecule has 1 aliphatic carbocycles. The van der Waals surface area contributed by atoms with Crippen LogP contribution in [0.4, 0.5) is 0 Å². The van der Waals surface area contributed by atoms with Crippen LogP contribution in [0.5, 0.6) is 0 Å². The normalized spacial score (nSPS) is 17.9. The molecule has 0 atom stereocenters. The zero-order valence-electron chi connectivity index (χ0n) is 11.9. The minimum absolute atomic E-state index is 0.00589. The third-order valence-corrected chi connectivity index (χ3v) is 5.47. The van der Waals surface area contributed by atoms with E-state index >= 15 is 0 Å². The fourth-order valence-corrected chi connectivity index (χ4v) is 4.35. The first kappa shape index (κ1) is 16.3. The minimum atomic E-state index is -3.64. The zero-order valence-corrected chi connectivity index (χ0v) is 13.5. The Morgan fingerprint density at radius 1 is 1.24 bits per heavy atom. The topological polar surface area (TPSA) is 85.1 Å². The number of thiocarbonyl (C=S) groups is 1. The molecule has 1 aromatic rings. The van der Waals surface area contributed by atoms with Crippen molar-refractivity contribution >= 4 is 27.2 Å². The lowest BCUT2D eigenvalue weighted by Gasteiger charge is -2.21. The molecule has 0 aromatic carbocycles. The van der Waals surface area contributed by atoms with Crippen LogP contribution in [-0.4, -0.2) is 24.4 Å². The van der Waals surface area contributed by atoms with E-state index in [2.05, 4.69) is 9.71 Å². The van der Waals surface area contributed by atoms with E-state index < -0.39 is 10.0 Å². The number of aromatic nitrogens is 1. The molecule has 2 rings (SSSR count). The van der Waals surface area contributed by atoms with Gasteiger partial charge in [0.25, 0.3) is 0 Å². The lowest BCUT2D eigenvalue weighted by molar-refractivity contribution is 0.426. The van der Waals surface area contributed by atoms with Crippen molar-refractivity contribution in [3.05, 3.63) is 24.0 Å². The average molecular weight is 327 g/mol. The summed E-state index contributed by atoms with van der Waals surface area (Å²) in [6, 6.07) is 3.05. The van der Waals surface area contributed by atoms with Crippen LogP contribution in [-0.2, 0) is 10.0 Å². The van der Waals surface area contributed by atoms with Gasteiger partial charge in [-0.15, -0.1) is 0 Å². The summed E-state index contributed by atoms with van der Waals surface area (Å²) in [6.07, 6.45) is 8.94. The van der Waals surface area contributed by atoms with Gasteiger partial charge >= 0.3 is 0 Å². The second kappa shape index (κ2) is 7.29. The van der Waals surface area contributed by atoms with Crippen molar-refractivity contribution in [3.63, 3.8) is 0 Å². The van der Waals surface area contributed by atoms with Gasteiger partial charge in [-0.1, -0.05) is 44.3 Å². The molecule has 5 nitrogen and oxygen atoms in total. The monoisotopic (exact) mass is 327 g/mol. The number of nitrogens with two attached hydrogens (primary N) is 1. The van der Waals surface area contributed by atoms with Crippen molar-refractivity contribution in [2.45, 2.75) is 55.9 Å². The van der Waals surface area contributed by atoms with E-state index in [0.717, 1.165) is 25.7 Å². The Bertz CT molecular complexity index is 594. The van der Waals surface area contributed by atoms with E-state index in [-0.39, 0.29) is 21.6 Å². The number of pyridine rings is 1. The third-order valence-electron chi connectivity index (χ3n) is 3.72. The van der Waals surface area contributed by atoms with Crippen LogP contribution in [0, 0.1) is 0 Å². The number of sulfonamides is 1. The quantitative estimate of drug-likeness (QED) is 0.827. The molecule has 0 aliphatic heterocycles. The summed E-state index contributed by atoms with van der Waals surface area (Å²) in [6.45, 7) is 0. The summed E-state index contributed by atoms with van der Waals surface area (Å²) in [5.41, 5.74) is 5.72. The van der Waals surface area contributed by atoms with Gasteiger partial charge in [-0.3, -0.25) is 4.98 Å². The molecule has 1 saturated carbocycles. The summed E-state index contributed by atoms with van der Waals surface area (Å²) < 4.78 is 27.9. The van der Waals surface area contributed by atoms with E-state index in [9.17, 15) is 8.42 Å². The van der Waals surface area contributed by atoms with Crippen molar-refractivity contribution in [3.8, 4) is 0 Å². The third kappa shape index (κ3) is 4.46. The summed E-state index contributed by atoms with van der Waals surface area (Å²) in [7, 11) is -3.64. The maximum Gasteiger partial charge on any atom is 0.243 e. The predicted molar refractivity (Wildman–Crippen MR) is 86.6 cm³/mol. The van der Waals surface area contributed by atoms with Gasteiger partial charge in [0.15, 0.2) is 0 Å². The van der Waals surface area contributed by atoms with Crippen LogP contribution in [0.3, 0.4) is 0 Å². The van der Waals surface area contributed by atoms with Crippen molar-refractivity contribution in [1.29, 1.82) is 0 Å². The first-order valence-corrected chi connectivity index (χ1v) is 9.17. The van der Waals surface area contributed by atoms with Crippen LogP contribution in [0.2, 0.25) is 0 Å². The van der Waals surface area contributed by atoms with E-state index in [1.165, 1.54) is 31.5 Å². The van der Waals surface area contributed by atoms with Gasteiger partial charge in [-0.2, -0.15) is 0 Å². The lowest BCUT2D eigenvalue weighted by Crippen LogP contribution is -2.36. The fourth-order valence-electron chi connectivity index (χ4n) is 2.65. The number of hydrogen-bond acceptors (Lipinski definition) is 4. The highest BCUT2D eigenvalue weighted by Crippen LogP contribution is 2.20. The molecule has 1 fully saturated rings. The van der Waals surface area contributed by atoms with Crippen LogP contribution >= 0.6 is 12.2 Å². The maximum absolute atomic E-state index is 12.6. The molecule has 0 saturated heterocycles. The largest absolute Gasteiger partial charge is 0.388 e. The van der Waals surface area contributed by atoms with Crippen molar-refractivity contribution in [2.75, 3.05) is 0 Å². The van der Waals surface area contributed by atoms with Crippen molar-refractivity contribution < 1.29 is 8.42 Å². The molecule has 0 amide bonds. The van der Waals surface area contributed by atoms with Gasteiger partial charge in [0.1, 0.15) is 15.6 Å². The predicted octanol–water partition coefficient (Wildman–Crippen LogP) is 2.11. The van der Waals surface area contributed by atoms with Crippen LogP contribution in [0.25, 0.3) is 0 Å². The van der Waals surface area contributed by atoms with Crippen LogP contribution in [0.1, 0.15) is 50.6 Å². The van der Waals surface area contributed by atoms with Gasteiger partial charge < -0.3 is 5.73 Å². The Labute approximate surface area is 131 Å². The van der Waals surface area contributed by atoms with Gasteiger partial charge in [0.2, 0.25) is 10.0 Å². The Kier molecular flexibility index (Phi) is 5.66. The molecule has 3 N–H and O–H groups in total. The Morgan fingerprint density at radius 3 is 2.48 bits per heavy atom. The Hall–Kier alpha value is -1.05. The molecular formula is C14H21N3O2S2. The zero-order chi connectivity index (χ0) is 15.3. The van der Waals surface area contributed by atoms with Gasteiger partial charge in [0, 0.05) is 12.2 Å². The molecule has 0 unspecified atom stereocenters. The lowest BCUT2D eigenvalue weighted by atomic mass is 9.97. The number of hydrogen-bond donors (Lipinski definition) is 2. The van der Waals surface area contributed by atoms with Crippen LogP contribution < -0.4 is 10.5 Å². The van der Waals surface area contributed by atoms with E-state index in [1.807, 2.05) is 0 Å². The van der Waals surface area contributed by atoms with Crippen LogP contribution in [0.15, 0.2) is 23.2 Å². The standard InChI is InChI=1S/C14H21N3O2S2/c15-14(20)13-12(9-6-10-16-13)21(18,19)17-11-7-4-2-1-3-5-8-11/h6,9-11,17H,1-5,7-8H2,(H2,15,20). The minimum Gasteiger partial charge on any atom is -0.388 e. The average Bonchev–Trinajstić information content (AvgIpc) is 2.41. The molecule has 1 heterocycles. The molecule has 0 spiro atoms. The fraction of sp³-hybridized carbons (Fsp3) is 0.571. The Morgan fingerprint density at radius 2 is 1.86 bits per heavy atom. The van der Waals surface area contributed by atoms with Crippen molar-refractivity contribution in [2.24, 2.45) is 5.73 Å². The second-order valence-corrected chi connectivity index (χ2v) is 7.50. The smallest absolute Gasteiger partial charge is 0.243 e. The number of nitrogens with zero attached hydrogens (tertiary/aromatic N) is 1. The SMILES string of the molecule is NC(=S)c1ncccc1S(=O)(=O)NC1CCCCCCC1. The molecule has 1 aliphatic rings. The number of rotatable bonds is 4. The molecule has 1 aromatic heterocycles. The molecule has 21 heavy (non-hydrogen) atoms. The van der Waals surface area contributed by atoms with Gasteiger partial charge in [-0.05, 0) is 25.0 Å². The summed E-state index contributed by atoms with van der Waals surface area (Å²) >= 11 is 4.89. The molecular weight excluding hydrogens is 306 g/mol. The second-order valence-electron chi connectivity index (χ2n) is 5.38. The highest BCUT2D eigenvalue weighted by molar-refractivity contribution is 7.89. The van der Waals surface area contributed by atoms with Gasteiger partial charge in [0.05, 0.1) is 0 Å².